The van der Waals surface area contributed by atoms with E-state index in [-0.39, 0.29) is 32.8 Å². The van der Waals surface area contributed by atoms with Gasteiger partial charge in [0.2, 0.25) is 0 Å². The summed E-state index contributed by atoms with van der Waals surface area (Å²) in [6.07, 6.45) is 0. The van der Waals surface area contributed by atoms with Crippen molar-refractivity contribution in [3.05, 3.63) is 34.2 Å². The molecule has 1 heterocycles. The van der Waals surface area contributed by atoms with Crippen molar-refractivity contribution < 1.29 is 33.8 Å². The third-order valence-electron chi connectivity index (χ3n) is 5.13. The van der Waals surface area contributed by atoms with Crippen LogP contribution in [0.25, 0.3) is 10.4 Å². The molecule has 1 amide bonds. The van der Waals surface area contributed by atoms with E-state index in [1.807, 2.05) is 4.90 Å². The van der Waals surface area contributed by atoms with Crippen molar-refractivity contribution in [2.24, 2.45) is 11.0 Å². The number of ether oxygens (including phenoxy) is 2. The number of amides is 1. The fourth-order valence-corrected chi connectivity index (χ4v) is 3.53. The number of carbonyl (C=O) groups excluding carboxylic acids is 3. The molecular formula is C23H34N6O7. The van der Waals surface area contributed by atoms with Crippen LogP contribution in [0.5, 0.6) is 0 Å². The van der Waals surface area contributed by atoms with E-state index >= 15 is 0 Å². The van der Waals surface area contributed by atoms with E-state index in [2.05, 4.69) is 10.0 Å². The summed E-state index contributed by atoms with van der Waals surface area (Å²) >= 11 is 0. The van der Waals surface area contributed by atoms with Crippen molar-refractivity contribution in [2.75, 3.05) is 31.1 Å². The summed E-state index contributed by atoms with van der Waals surface area (Å²) in [5.41, 5.74) is 5.50. The maximum Gasteiger partial charge on any atom is 0.363 e. The molecule has 0 unspecified atom stereocenters. The van der Waals surface area contributed by atoms with Crippen LogP contribution >= 0.6 is 0 Å². The molecule has 1 aliphatic rings. The Morgan fingerprint density at radius 3 is 1.97 bits per heavy atom. The number of rotatable bonds is 7. The zero-order chi connectivity index (χ0) is 27.3. The van der Waals surface area contributed by atoms with Crippen LogP contribution in [0.4, 0.5) is 11.4 Å². The molecule has 0 radical (unpaired) electrons. The van der Waals surface area contributed by atoms with Gasteiger partial charge in [-0.1, -0.05) is 17.2 Å². The van der Waals surface area contributed by atoms with Crippen LogP contribution in [0.2, 0.25) is 0 Å². The third kappa shape index (κ3) is 6.64. The van der Waals surface area contributed by atoms with Gasteiger partial charge in [-0.15, -0.1) is 0 Å². The van der Waals surface area contributed by atoms with Gasteiger partial charge in [0.1, 0.15) is 11.2 Å². The molecule has 0 bridgehead atoms. The molecule has 1 saturated heterocycles. The Morgan fingerprint density at radius 1 is 1.03 bits per heavy atom. The van der Waals surface area contributed by atoms with E-state index in [4.69, 9.17) is 25.7 Å². The molecule has 3 N–H and O–H groups in total. The van der Waals surface area contributed by atoms with Crippen LogP contribution in [-0.4, -0.2) is 70.8 Å². The topological polar surface area (TPSA) is 180 Å². The van der Waals surface area contributed by atoms with Gasteiger partial charge < -0.3 is 24.4 Å². The molecule has 36 heavy (non-hydrogen) atoms. The SMILES string of the molecule is CC(C)(C)OC(=O)C(ON)(C(=O)OC(C)(C)C)C(=O)N1CCN(c2cc(CO)ccc2N=[N+]=[N-])CC1. The molecule has 2 rings (SSSR count). The van der Waals surface area contributed by atoms with Crippen LogP contribution in [0, 0.1) is 0 Å². The minimum Gasteiger partial charge on any atom is -0.457 e. The first kappa shape index (κ1) is 28.9. The summed E-state index contributed by atoms with van der Waals surface area (Å²) in [4.78, 5) is 50.7. The zero-order valence-electron chi connectivity index (χ0n) is 21.5. The van der Waals surface area contributed by atoms with Crippen LogP contribution in [-0.2, 0) is 35.3 Å². The van der Waals surface area contributed by atoms with Crippen molar-refractivity contribution >= 4 is 29.2 Å². The number of benzene rings is 1. The van der Waals surface area contributed by atoms with E-state index in [0.717, 1.165) is 0 Å². The Bertz CT molecular complexity index is 1000. The highest BCUT2D eigenvalue weighted by atomic mass is 16.7. The monoisotopic (exact) mass is 506 g/mol. The Balaban J connectivity index is 2.36. The second kappa shape index (κ2) is 11.1. The number of aliphatic hydroxyl groups is 1. The highest BCUT2D eigenvalue weighted by Crippen LogP contribution is 2.32. The van der Waals surface area contributed by atoms with Crippen molar-refractivity contribution in [1.29, 1.82) is 0 Å². The molecule has 1 aromatic rings. The first-order chi connectivity index (χ1) is 16.7. The maximum absolute atomic E-state index is 13.6. The van der Waals surface area contributed by atoms with Crippen LogP contribution < -0.4 is 10.8 Å². The lowest BCUT2D eigenvalue weighted by atomic mass is 10.00. The fraction of sp³-hybridized carbons (Fsp3) is 0.609. The van der Waals surface area contributed by atoms with Crippen molar-refractivity contribution in [2.45, 2.75) is 65.0 Å². The summed E-state index contributed by atoms with van der Waals surface area (Å²) in [6, 6.07) is 4.93. The summed E-state index contributed by atoms with van der Waals surface area (Å²) in [6.45, 7) is 9.93. The van der Waals surface area contributed by atoms with E-state index in [1.165, 1.54) is 4.90 Å². The minimum absolute atomic E-state index is 0.0780. The average molecular weight is 507 g/mol. The molecular weight excluding hydrogens is 472 g/mol. The molecule has 1 aliphatic heterocycles. The molecule has 1 fully saturated rings. The smallest absolute Gasteiger partial charge is 0.363 e. The number of carbonyl (C=O) groups is 3. The van der Waals surface area contributed by atoms with Crippen LogP contribution in [0.3, 0.4) is 0 Å². The standard InChI is InChI=1S/C23H34N6O7/c1-21(2,3)34-19(32)23(36-25,20(33)35-22(4,5)6)18(31)29-11-9-28(10-12-29)17-13-15(14-30)7-8-16(17)26-27-24/h7-8,13,30H,9-12,14,25H2,1-6H3. The van der Waals surface area contributed by atoms with Gasteiger partial charge in [-0.05, 0) is 58.7 Å². The number of azide groups is 1. The number of nitrogens with zero attached hydrogens (tertiary/aromatic N) is 5. The predicted molar refractivity (Wildman–Crippen MR) is 130 cm³/mol. The van der Waals surface area contributed by atoms with Gasteiger partial charge in [-0.25, -0.2) is 15.5 Å². The number of hydrogen-bond donors (Lipinski definition) is 2. The van der Waals surface area contributed by atoms with Crippen LogP contribution in [0.1, 0.15) is 47.1 Å². The number of esters is 2. The van der Waals surface area contributed by atoms with Gasteiger partial charge in [-0.2, -0.15) is 0 Å². The van der Waals surface area contributed by atoms with Gasteiger partial charge in [0.05, 0.1) is 12.3 Å². The molecule has 0 aliphatic carbocycles. The Labute approximate surface area is 209 Å². The molecule has 1 aromatic carbocycles. The van der Waals surface area contributed by atoms with Crippen molar-refractivity contribution in [1.82, 2.24) is 4.90 Å². The van der Waals surface area contributed by atoms with Gasteiger partial charge in [0, 0.05) is 36.8 Å². The van der Waals surface area contributed by atoms with Gasteiger partial charge in [0.25, 0.3) is 5.91 Å². The summed E-state index contributed by atoms with van der Waals surface area (Å²) in [7, 11) is 0. The highest BCUT2D eigenvalue weighted by molar-refractivity contribution is 6.23. The van der Waals surface area contributed by atoms with Gasteiger partial charge in [-0.3, -0.25) is 9.63 Å². The van der Waals surface area contributed by atoms with E-state index in [0.29, 0.717) is 16.9 Å². The summed E-state index contributed by atoms with van der Waals surface area (Å²) in [5.74, 6) is 1.87. The molecule has 0 spiro atoms. The van der Waals surface area contributed by atoms with Crippen molar-refractivity contribution in [3.63, 3.8) is 0 Å². The average Bonchev–Trinajstić information content (AvgIpc) is 2.78. The maximum atomic E-state index is 13.6. The fourth-order valence-electron chi connectivity index (χ4n) is 3.53. The summed E-state index contributed by atoms with van der Waals surface area (Å²) < 4.78 is 10.7. The minimum atomic E-state index is -2.85. The molecule has 0 saturated carbocycles. The normalized spacial score (nSPS) is 14.7. The highest BCUT2D eigenvalue weighted by Gasteiger charge is 2.61. The lowest BCUT2D eigenvalue weighted by Gasteiger charge is -2.40. The number of hydrogen-bond acceptors (Lipinski definition) is 10. The molecule has 0 aromatic heterocycles. The lowest BCUT2D eigenvalue weighted by Crippen LogP contribution is -2.66. The van der Waals surface area contributed by atoms with Crippen LogP contribution in [0.15, 0.2) is 23.3 Å². The Morgan fingerprint density at radius 2 is 1.56 bits per heavy atom. The Kier molecular flexibility index (Phi) is 8.92. The largest absolute Gasteiger partial charge is 0.457 e. The number of piperazine rings is 1. The predicted octanol–water partition coefficient (Wildman–Crippen LogP) is 2.08. The lowest BCUT2D eigenvalue weighted by molar-refractivity contribution is -0.208. The zero-order valence-corrected chi connectivity index (χ0v) is 21.5. The van der Waals surface area contributed by atoms with E-state index < -0.39 is 34.6 Å². The van der Waals surface area contributed by atoms with E-state index in [1.54, 1.807) is 59.7 Å². The molecule has 13 nitrogen and oxygen atoms in total. The second-order valence-electron chi connectivity index (χ2n) is 10.3. The molecule has 0 atom stereocenters. The third-order valence-corrected chi connectivity index (χ3v) is 5.13. The van der Waals surface area contributed by atoms with Crippen molar-refractivity contribution in [3.8, 4) is 0 Å². The first-order valence-electron chi connectivity index (χ1n) is 11.4. The number of aliphatic hydroxyl groups excluding tert-OH is 1. The van der Waals surface area contributed by atoms with E-state index in [9.17, 15) is 19.5 Å². The summed E-state index contributed by atoms with van der Waals surface area (Å²) in [5, 5.41) is 13.2. The first-order valence-corrected chi connectivity index (χ1v) is 11.4. The molecule has 13 heteroatoms. The molecule has 198 valence electrons. The van der Waals surface area contributed by atoms with Gasteiger partial charge >= 0.3 is 17.5 Å². The number of anilines is 1. The quantitative estimate of drug-likeness (QED) is 0.140. The second-order valence-corrected chi connectivity index (χ2v) is 10.3. The number of nitrogens with two attached hydrogens (primary N) is 1. The Hall–Kier alpha value is -3.38. The van der Waals surface area contributed by atoms with Gasteiger partial charge in [0.15, 0.2) is 0 Å².